The van der Waals surface area contributed by atoms with E-state index in [2.05, 4.69) is 16.5 Å². The number of aryl methyl sites for hydroxylation is 1. The van der Waals surface area contributed by atoms with E-state index in [0.717, 1.165) is 34.1 Å². The van der Waals surface area contributed by atoms with Crippen molar-refractivity contribution in [3.8, 4) is 5.69 Å². The van der Waals surface area contributed by atoms with Gasteiger partial charge in [0.2, 0.25) is 0 Å². The van der Waals surface area contributed by atoms with Gasteiger partial charge in [-0.1, -0.05) is 17.7 Å². The third-order valence-electron chi connectivity index (χ3n) is 3.00. The monoisotopic (exact) mass is 249 g/mol. The van der Waals surface area contributed by atoms with E-state index in [-0.39, 0.29) is 0 Å². The van der Waals surface area contributed by atoms with Crippen molar-refractivity contribution in [3.63, 3.8) is 0 Å². The van der Waals surface area contributed by atoms with Gasteiger partial charge in [-0.25, -0.2) is 4.98 Å². The SMILES string of the molecule is Cc1ncn(-c2cccc(Cl)c2CCN)c1C. The number of halogens is 1. The summed E-state index contributed by atoms with van der Waals surface area (Å²) in [5.41, 5.74) is 9.95. The van der Waals surface area contributed by atoms with Crippen molar-refractivity contribution < 1.29 is 0 Å². The summed E-state index contributed by atoms with van der Waals surface area (Å²) in [6, 6.07) is 5.90. The van der Waals surface area contributed by atoms with Crippen LogP contribution in [0.4, 0.5) is 0 Å². The van der Waals surface area contributed by atoms with Gasteiger partial charge in [0.15, 0.2) is 0 Å². The second-order valence-electron chi connectivity index (χ2n) is 4.06. The van der Waals surface area contributed by atoms with Crippen LogP contribution < -0.4 is 5.73 Å². The van der Waals surface area contributed by atoms with Crippen LogP contribution in [-0.2, 0) is 6.42 Å². The normalized spacial score (nSPS) is 10.8. The lowest BCUT2D eigenvalue weighted by atomic mass is 10.1. The second-order valence-corrected chi connectivity index (χ2v) is 4.47. The number of benzene rings is 1. The zero-order valence-electron chi connectivity index (χ0n) is 10.1. The maximum absolute atomic E-state index is 6.23. The number of hydrogen-bond donors (Lipinski definition) is 1. The van der Waals surface area contributed by atoms with Gasteiger partial charge in [0.25, 0.3) is 0 Å². The largest absolute Gasteiger partial charge is 0.330 e. The highest BCUT2D eigenvalue weighted by atomic mass is 35.5. The lowest BCUT2D eigenvalue weighted by Gasteiger charge is -2.13. The molecule has 0 radical (unpaired) electrons. The molecule has 1 heterocycles. The molecule has 1 aromatic carbocycles. The van der Waals surface area contributed by atoms with Crippen molar-refractivity contribution >= 4 is 11.6 Å². The Morgan fingerprint density at radius 2 is 2.12 bits per heavy atom. The average molecular weight is 250 g/mol. The summed E-state index contributed by atoms with van der Waals surface area (Å²) in [5.74, 6) is 0. The Morgan fingerprint density at radius 3 is 2.71 bits per heavy atom. The van der Waals surface area contributed by atoms with E-state index in [4.69, 9.17) is 17.3 Å². The fourth-order valence-corrected chi connectivity index (χ4v) is 2.17. The Labute approximate surface area is 106 Å². The summed E-state index contributed by atoms with van der Waals surface area (Å²) in [4.78, 5) is 4.31. The minimum Gasteiger partial charge on any atom is -0.330 e. The van der Waals surface area contributed by atoms with Crippen LogP contribution in [0.25, 0.3) is 5.69 Å². The van der Waals surface area contributed by atoms with E-state index in [9.17, 15) is 0 Å². The van der Waals surface area contributed by atoms with Gasteiger partial charge in [-0.15, -0.1) is 0 Å². The van der Waals surface area contributed by atoms with Crippen molar-refractivity contribution in [2.24, 2.45) is 5.73 Å². The Bertz CT molecular complexity index is 531. The second kappa shape index (κ2) is 4.90. The molecule has 2 rings (SSSR count). The zero-order chi connectivity index (χ0) is 12.4. The fourth-order valence-electron chi connectivity index (χ4n) is 1.91. The van der Waals surface area contributed by atoms with Crippen LogP contribution >= 0.6 is 11.6 Å². The van der Waals surface area contributed by atoms with E-state index < -0.39 is 0 Å². The molecule has 4 heteroatoms. The number of rotatable bonds is 3. The first-order valence-electron chi connectivity index (χ1n) is 5.63. The molecule has 0 aliphatic carbocycles. The van der Waals surface area contributed by atoms with Crippen LogP contribution in [0.15, 0.2) is 24.5 Å². The predicted molar refractivity (Wildman–Crippen MR) is 70.8 cm³/mol. The summed E-state index contributed by atoms with van der Waals surface area (Å²) in [6.45, 7) is 4.64. The van der Waals surface area contributed by atoms with Crippen LogP contribution in [0.1, 0.15) is 17.0 Å². The minimum absolute atomic E-state index is 0.587. The van der Waals surface area contributed by atoms with Crippen molar-refractivity contribution in [1.29, 1.82) is 0 Å². The summed E-state index contributed by atoms with van der Waals surface area (Å²) in [6.07, 6.45) is 2.60. The number of hydrogen-bond acceptors (Lipinski definition) is 2. The van der Waals surface area contributed by atoms with Gasteiger partial charge in [0.1, 0.15) is 0 Å². The summed E-state index contributed by atoms with van der Waals surface area (Å²) < 4.78 is 2.06. The quantitative estimate of drug-likeness (QED) is 0.909. The Kier molecular flexibility index (Phi) is 3.50. The van der Waals surface area contributed by atoms with Gasteiger partial charge in [-0.05, 0) is 44.5 Å². The maximum atomic E-state index is 6.23. The Balaban J connectivity index is 2.59. The highest BCUT2D eigenvalue weighted by molar-refractivity contribution is 6.31. The maximum Gasteiger partial charge on any atom is 0.0997 e. The fraction of sp³-hybridized carbons (Fsp3) is 0.308. The van der Waals surface area contributed by atoms with Gasteiger partial charge < -0.3 is 10.3 Å². The summed E-state index contributed by atoms with van der Waals surface area (Å²) in [5, 5.41) is 0.763. The number of aromatic nitrogens is 2. The molecule has 0 amide bonds. The molecule has 0 aliphatic rings. The van der Waals surface area contributed by atoms with Crippen molar-refractivity contribution in [1.82, 2.24) is 9.55 Å². The molecular weight excluding hydrogens is 234 g/mol. The molecule has 0 fully saturated rings. The molecule has 17 heavy (non-hydrogen) atoms. The van der Waals surface area contributed by atoms with E-state index in [1.807, 2.05) is 31.5 Å². The van der Waals surface area contributed by atoms with Gasteiger partial charge in [-0.2, -0.15) is 0 Å². The predicted octanol–water partition coefficient (Wildman–Crippen LogP) is 2.64. The molecule has 0 unspecified atom stereocenters. The molecule has 0 saturated carbocycles. The Morgan fingerprint density at radius 1 is 1.35 bits per heavy atom. The van der Waals surface area contributed by atoms with Crippen LogP contribution in [-0.4, -0.2) is 16.1 Å². The molecule has 3 nitrogen and oxygen atoms in total. The highest BCUT2D eigenvalue weighted by Crippen LogP contribution is 2.25. The molecule has 2 aromatic rings. The minimum atomic E-state index is 0.587. The first-order chi connectivity index (χ1) is 8.15. The van der Waals surface area contributed by atoms with E-state index in [0.29, 0.717) is 6.54 Å². The van der Waals surface area contributed by atoms with Gasteiger partial charge in [-0.3, -0.25) is 0 Å². The van der Waals surface area contributed by atoms with Crippen LogP contribution in [0.3, 0.4) is 0 Å². The molecular formula is C13H16ClN3. The van der Waals surface area contributed by atoms with Crippen LogP contribution in [0.2, 0.25) is 5.02 Å². The molecule has 90 valence electrons. The third-order valence-corrected chi connectivity index (χ3v) is 3.35. The van der Waals surface area contributed by atoms with E-state index >= 15 is 0 Å². The van der Waals surface area contributed by atoms with E-state index in [1.165, 1.54) is 0 Å². The van der Waals surface area contributed by atoms with Gasteiger partial charge in [0.05, 0.1) is 17.7 Å². The lowest BCUT2D eigenvalue weighted by molar-refractivity contribution is 0.920. The standard InChI is InChI=1S/C13H16ClN3/c1-9-10(2)17(8-16-9)13-5-3-4-12(14)11(13)6-7-15/h3-5,8H,6-7,15H2,1-2H3. The van der Waals surface area contributed by atoms with Crippen molar-refractivity contribution in [2.75, 3.05) is 6.54 Å². The first kappa shape index (κ1) is 12.1. The third kappa shape index (κ3) is 2.21. The molecule has 0 saturated heterocycles. The molecule has 0 aliphatic heterocycles. The molecule has 1 aromatic heterocycles. The van der Waals surface area contributed by atoms with Crippen molar-refractivity contribution in [2.45, 2.75) is 20.3 Å². The number of nitrogens with zero attached hydrogens (tertiary/aromatic N) is 2. The topological polar surface area (TPSA) is 43.8 Å². The first-order valence-corrected chi connectivity index (χ1v) is 6.01. The van der Waals surface area contributed by atoms with E-state index in [1.54, 1.807) is 0 Å². The Hall–Kier alpha value is -1.32. The highest BCUT2D eigenvalue weighted by Gasteiger charge is 2.11. The van der Waals surface area contributed by atoms with Gasteiger partial charge in [0, 0.05) is 10.7 Å². The molecule has 0 atom stereocenters. The van der Waals surface area contributed by atoms with Crippen molar-refractivity contribution in [3.05, 3.63) is 46.5 Å². The smallest absolute Gasteiger partial charge is 0.0997 e. The molecule has 2 N–H and O–H groups in total. The number of imidazole rings is 1. The van der Waals surface area contributed by atoms with Gasteiger partial charge >= 0.3 is 0 Å². The number of nitrogens with two attached hydrogens (primary N) is 1. The summed E-state index contributed by atoms with van der Waals surface area (Å²) in [7, 11) is 0. The van der Waals surface area contributed by atoms with Crippen LogP contribution in [0, 0.1) is 13.8 Å². The lowest BCUT2D eigenvalue weighted by Crippen LogP contribution is -2.08. The zero-order valence-corrected chi connectivity index (χ0v) is 10.8. The molecule has 0 spiro atoms. The molecule has 0 bridgehead atoms. The summed E-state index contributed by atoms with van der Waals surface area (Å²) >= 11 is 6.23. The average Bonchev–Trinajstić information content (AvgIpc) is 2.63. The van der Waals surface area contributed by atoms with Crippen LogP contribution in [0.5, 0.6) is 0 Å².